The number of hydrogen-bond donors (Lipinski definition) is 4. The molecule has 0 bridgehead atoms. The van der Waals surface area contributed by atoms with E-state index in [9.17, 15) is 14.4 Å². The number of nitrogens with two attached hydrogens (primary N) is 2. The number of ether oxygens (including phenoxy) is 2. The van der Waals surface area contributed by atoms with E-state index in [1.54, 1.807) is 52.0 Å². The van der Waals surface area contributed by atoms with Gasteiger partial charge in [0, 0.05) is 11.9 Å². The highest BCUT2D eigenvalue weighted by atomic mass is 16.6. The van der Waals surface area contributed by atoms with Gasteiger partial charge in [0.1, 0.15) is 11.5 Å². The molecule has 0 aliphatic rings. The summed E-state index contributed by atoms with van der Waals surface area (Å²) in [6.45, 7) is 11.5. The Bertz CT molecular complexity index is 846. The van der Waals surface area contributed by atoms with Gasteiger partial charge in [0.05, 0.1) is 25.4 Å². The Morgan fingerprint density at radius 1 is 1.15 bits per heavy atom. The van der Waals surface area contributed by atoms with Crippen LogP contribution in [0.2, 0.25) is 0 Å². The number of amides is 2. The highest BCUT2D eigenvalue weighted by molar-refractivity contribution is 6.04. The van der Waals surface area contributed by atoms with Crippen molar-refractivity contribution in [3.8, 4) is 0 Å². The molecule has 6 N–H and O–H groups in total. The molecular formula is C24H39N5O5. The number of esters is 1. The van der Waals surface area contributed by atoms with Gasteiger partial charge in [0.2, 0.25) is 5.91 Å². The summed E-state index contributed by atoms with van der Waals surface area (Å²) in [5.41, 5.74) is 6.95. The third-order valence-electron chi connectivity index (χ3n) is 4.54. The van der Waals surface area contributed by atoms with Gasteiger partial charge in [-0.25, -0.2) is 10.6 Å². The SMILES string of the molecule is CCOC(=O)C(CC(C)C)C(=O)Nc1ccc(CN(N)/C(=C\N)CNC(=O)OC(C)(C)C)cc1. The normalized spacial score (nSPS) is 12.6. The summed E-state index contributed by atoms with van der Waals surface area (Å²) in [5, 5.41) is 6.80. The van der Waals surface area contributed by atoms with E-state index in [1.807, 2.05) is 13.8 Å². The van der Waals surface area contributed by atoms with Crippen LogP contribution in [0.15, 0.2) is 36.2 Å². The molecule has 0 spiro atoms. The lowest BCUT2D eigenvalue weighted by Crippen LogP contribution is -2.39. The van der Waals surface area contributed by atoms with E-state index in [4.69, 9.17) is 21.1 Å². The zero-order chi connectivity index (χ0) is 25.9. The largest absolute Gasteiger partial charge is 0.465 e. The Hall–Kier alpha value is -3.27. The van der Waals surface area contributed by atoms with Crippen molar-refractivity contribution < 1.29 is 23.9 Å². The van der Waals surface area contributed by atoms with E-state index in [0.29, 0.717) is 24.4 Å². The fourth-order valence-electron chi connectivity index (χ4n) is 2.98. The molecule has 1 unspecified atom stereocenters. The van der Waals surface area contributed by atoms with E-state index in [2.05, 4.69) is 10.6 Å². The van der Waals surface area contributed by atoms with Gasteiger partial charge in [-0.3, -0.25) is 9.59 Å². The monoisotopic (exact) mass is 477 g/mol. The molecule has 10 heteroatoms. The highest BCUT2D eigenvalue weighted by Crippen LogP contribution is 2.18. The third kappa shape index (κ3) is 10.6. The summed E-state index contributed by atoms with van der Waals surface area (Å²) in [6.07, 6.45) is 1.14. The van der Waals surface area contributed by atoms with E-state index in [-0.39, 0.29) is 19.1 Å². The predicted molar refractivity (Wildman–Crippen MR) is 131 cm³/mol. The Morgan fingerprint density at radius 2 is 1.76 bits per heavy atom. The molecule has 0 fully saturated rings. The van der Waals surface area contributed by atoms with Crippen LogP contribution < -0.4 is 22.2 Å². The van der Waals surface area contributed by atoms with Crippen molar-refractivity contribution >= 4 is 23.7 Å². The molecule has 0 radical (unpaired) electrons. The highest BCUT2D eigenvalue weighted by Gasteiger charge is 2.29. The number of hydrazine groups is 1. The first kappa shape index (κ1) is 28.8. The Balaban J connectivity index is 2.71. The van der Waals surface area contributed by atoms with Crippen LogP contribution in [0.1, 0.15) is 53.5 Å². The van der Waals surface area contributed by atoms with E-state index >= 15 is 0 Å². The van der Waals surface area contributed by atoms with Gasteiger partial charge in [0.15, 0.2) is 0 Å². The molecule has 0 saturated carbocycles. The number of hydrogen-bond acceptors (Lipinski definition) is 8. The summed E-state index contributed by atoms with van der Waals surface area (Å²) < 4.78 is 10.2. The van der Waals surface area contributed by atoms with Crippen LogP contribution >= 0.6 is 0 Å². The molecule has 0 aliphatic heterocycles. The molecular weight excluding hydrogens is 438 g/mol. The topological polar surface area (TPSA) is 149 Å². The van der Waals surface area contributed by atoms with Crippen LogP contribution in [0.4, 0.5) is 10.5 Å². The second kappa shape index (κ2) is 13.4. The fourth-order valence-corrected chi connectivity index (χ4v) is 2.98. The molecule has 1 atom stereocenters. The van der Waals surface area contributed by atoms with Crippen LogP contribution in [0.25, 0.3) is 0 Å². The summed E-state index contributed by atoms with van der Waals surface area (Å²) >= 11 is 0. The number of nitrogens with zero attached hydrogens (tertiary/aromatic N) is 1. The third-order valence-corrected chi connectivity index (χ3v) is 4.54. The Morgan fingerprint density at radius 3 is 2.26 bits per heavy atom. The number of anilines is 1. The summed E-state index contributed by atoms with van der Waals surface area (Å²) in [5.74, 6) is 4.48. The first-order valence-corrected chi connectivity index (χ1v) is 11.3. The van der Waals surface area contributed by atoms with Crippen molar-refractivity contribution in [2.75, 3.05) is 18.5 Å². The van der Waals surface area contributed by atoms with Crippen molar-refractivity contribution in [2.45, 2.75) is 60.1 Å². The van der Waals surface area contributed by atoms with Gasteiger partial charge in [-0.05, 0) is 57.7 Å². The Kier molecular flexibility index (Phi) is 11.4. The molecule has 1 aromatic rings. The van der Waals surface area contributed by atoms with Gasteiger partial charge in [-0.2, -0.15) is 0 Å². The van der Waals surface area contributed by atoms with E-state index in [0.717, 1.165) is 5.56 Å². The molecule has 10 nitrogen and oxygen atoms in total. The molecule has 0 aliphatic carbocycles. The van der Waals surface area contributed by atoms with Crippen LogP contribution in [0, 0.1) is 11.8 Å². The van der Waals surface area contributed by atoms with Gasteiger partial charge in [0.25, 0.3) is 0 Å². The van der Waals surface area contributed by atoms with Gasteiger partial charge in [-0.1, -0.05) is 26.0 Å². The summed E-state index contributed by atoms with van der Waals surface area (Å²) in [7, 11) is 0. The minimum Gasteiger partial charge on any atom is -0.465 e. The predicted octanol–water partition coefficient (Wildman–Crippen LogP) is 2.85. The van der Waals surface area contributed by atoms with Crippen LogP contribution in [0.3, 0.4) is 0 Å². The first-order valence-electron chi connectivity index (χ1n) is 11.3. The second-order valence-corrected chi connectivity index (χ2v) is 9.26. The smallest absolute Gasteiger partial charge is 0.407 e. The standard InChI is InChI=1S/C24H39N5O5/c1-7-33-22(31)20(12-16(2)3)21(30)28-18-10-8-17(9-11-18)15-29(26)19(13-25)14-27-23(32)34-24(4,5)6/h8-11,13,16,20H,7,12,14-15,25-26H2,1-6H3,(H,27,32)(H,28,30)/b19-13-. The van der Waals surface area contributed by atoms with Gasteiger partial charge < -0.3 is 30.8 Å². The molecule has 190 valence electrons. The van der Waals surface area contributed by atoms with Crippen LogP contribution in [0.5, 0.6) is 0 Å². The molecule has 0 aromatic heterocycles. The molecule has 0 saturated heterocycles. The van der Waals surface area contributed by atoms with Crippen molar-refractivity contribution in [3.05, 3.63) is 41.7 Å². The van der Waals surface area contributed by atoms with Crippen molar-refractivity contribution in [1.82, 2.24) is 10.3 Å². The van der Waals surface area contributed by atoms with Gasteiger partial charge in [-0.15, -0.1) is 0 Å². The van der Waals surface area contributed by atoms with E-state index in [1.165, 1.54) is 11.2 Å². The van der Waals surface area contributed by atoms with Crippen molar-refractivity contribution in [3.63, 3.8) is 0 Å². The maximum absolute atomic E-state index is 12.7. The number of carbonyl (C=O) groups is 3. The molecule has 0 heterocycles. The minimum atomic E-state index is -0.867. The summed E-state index contributed by atoms with van der Waals surface area (Å²) in [6, 6.07) is 7.05. The number of carbonyl (C=O) groups excluding carboxylic acids is 3. The molecule has 34 heavy (non-hydrogen) atoms. The fraction of sp³-hybridized carbons (Fsp3) is 0.542. The second-order valence-electron chi connectivity index (χ2n) is 9.26. The molecule has 2 amide bonds. The number of alkyl carbamates (subject to hydrolysis) is 1. The van der Waals surface area contributed by atoms with Crippen LogP contribution in [-0.4, -0.2) is 41.7 Å². The van der Waals surface area contributed by atoms with Gasteiger partial charge >= 0.3 is 12.1 Å². The maximum atomic E-state index is 12.7. The number of rotatable bonds is 11. The number of nitrogens with one attached hydrogen (secondary N) is 2. The lowest BCUT2D eigenvalue weighted by molar-refractivity contribution is -0.151. The number of benzene rings is 1. The molecule has 1 rings (SSSR count). The minimum absolute atomic E-state index is 0.0984. The van der Waals surface area contributed by atoms with Crippen molar-refractivity contribution in [2.24, 2.45) is 23.4 Å². The maximum Gasteiger partial charge on any atom is 0.407 e. The average Bonchev–Trinajstić information content (AvgIpc) is 2.72. The summed E-state index contributed by atoms with van der Waals surface area (Å²) in [4.78, 5) is 36.7. The Labute approximate surface area is 202 Å². The average molecular weight is 478 g/mol. The zero-order valence-corrected chi connectivity index (χ0v) is 21.0. The quantitative estimate of drug-likeness (QED) is 0.164. The van der Waals surface area contributed by atoms with E-state index < -0.39 is 29.5 Å². The molecule has 1 aromatic carbocycles. The van der Waals surface area contributed by atoms with Crippen molar-refractivity contribution in [1.29, 1.82) is 0 Å². The zero-order valence-electron chi connectivity index (χ0n) is 21.0. The lowest BCUT2D eigenvalue weighted by Gasteiger charge is -2.24. The van der Waals surface area contributed by atoms with Crippen LogP contribution in [-0.2, 0) is 25.6 Å². The lowest BCUT2D eigenvalue weighted by atomic mass is 9.96. The first-order chi connectivity index (χ1) is 15.9.